The lowest BCUT2D eigenvalue weighted by Gasteiger charge is -2.06. The summed E-state index contributed by atoms with van der Waals surface area (Å²) in [5, 5.41) is 0.190. The maximum atomic E-state index is 12.1. The number of alkyl halides is 2. The lowest BCUT2D eigenvalue weighted by atomic mass is 10.3. The molecule has 0 aliphatic rings. The Kier molecular flexibility index (Phi) is 2.96. The molecule has 7 heteroatoms. The first kappa shape index (κ1) is 11.2. The van der Waals surface area contributed by atoms with Gasteiger partial charge in [0.1, 0.15) is 0 Å². The van der Waals surface area contributed by atoms with Crippen molar-refractivity contribution in [1.82, 2.24) is 0 Å². The van der Waals surface area contributed by atoms with E-state index in [1.54, 1.807) is 0 Å². The van der Waals surface area contributed by atoms with Crippen LogP contribution in [-0.4, -0.2) is 14.2 Å². The number of hydrogen-bond acceptors (Lipinski definition) is 3. The molecular formula is C7H6ClF2NO2S. The average Bonchev–Trinajstić information content (AvgIpc) is 2.02. The summed E-state index contributed by atoms with van der Waals surface area (Å²) >= 11 is 5.48. The summed E-state index contributed by atoms with van der Waals surface area (Å²) in [6.45, 7) is 0. The highest BCUT2D eigenvalue weighted by Crippen LogP contribution is 2.26. The average molecular weight is 242 g/mol. The minimum absolute atomic E-state index is 0.190. The highest BCUT2D eigenvalue weighted by atomic mass is 35.5. The molecule has 0 atom stereocenters. The number of benzene rings is 1. The van der Waals surface area contributed by atoms with Gasteiger partial charge >= 0.3 is 5.76 Å². The van der Waals surface area contributed by atoms with Crippen LogP contribution in [0.3, 0.4) is 0 Å². The molecule has 1 aromatic rings. The molecule has 0 spiro atoms. The Bertz CT molecular complexity index is 447. The van der Waals surface area contributed by atoms with Crippen molar-refractivity contribution in [2.75, 3.05) is 5.73 Å². The molecule has 0 fully saturated rings. The zero-order valence-corrected chi connectivity index (χ0v) is 8.32. The maximum Gasteiger partial charge on any atom is 0.341 e. The molecular weight excluding hydrogens is 236 g/mol. The number of nitrogens with two attached hydrogens (primary N) is 1. The van der Waals surface area contributed by atoms with Crippen molar-refractivity contribution < 1.29 is 17.2 Å². The maximum absolute atomic E-state index is 12.1. The lowest BCUT2D eigenvalue weighted by molar-refractivity contribution is 0.235. The van der Waals surface area contributed by atoms with Crippen LogP contribution < -0.4 is 5.73 Å². The van der Waals surface area contributed by atoms with E-state index in [0.29, 0.717) is 0 Å². The van der Waals surface area contributed by atoms with Crippen molar-refractivity contribution in [3.8, 4) is 0 Å². The summed E-state index contributed by atoms with van der Waals surface area (Å²) in [6.07, 6.45) is 0. The number of sulfone groups is 1. The Morgan fingerprint density at radius 1 is 1.36 bits per heavy atom. The normalized spacial score (nSPS) is 12.0. The van der Waals surface area contributed by atoms with E-state index in [1.165, 1.54) is 6.07 Å². The van der Waals surface area contributed by atoms with Crippen LogP contribution in [0.4, 0.5) is 14.5 Å². The second kappa shape index (κ2) is 3.70. The number of nitrogen functional groups attached to an aromatic ring is 1. The van der Waals surface area contributed by atoms with Gasteiger partial charge in [0.15, 0.2) is 0 Å². The minimum atomic E-state index is -4.64. The predicted molar refractivity (Wildman–Crippen MR) is 49.1 cm³/mol. The second-order valence-corrected chi connectivity index (χ2v) is 4.81. The molecule has 14 heavy (non-hydrogen) atoms. The van der Waals surface area contributed by atoms with Gasteiger partial charge in [-0.15, -0.1) is 0 Å². The summed E-state index contributed by atoms with van der Waals surface area (Å²) in [4.78, 5) is -0.600. The lowest BCUT2D eigenvalue weighted by Crippen LogP contribution is -2.13. The van der Waals surface area contributed by atoms with E-state index in [1.807, 2.05) is 0 Å². The quantitative estimate of drug-likeness (QED) is 0.805. The van der Waals surface area contributed by atoms with Crippen LogP contribution >= 0.6 is 11.6 Å². The summed E-state index contributed by atoms with van der Waals surface area (Å²) < 4.78 is 46.2. The van der Waals surface area contributed by atoms with Crippen LogP contribution in [0.2, 0.25) is 5.02 Å². The fourth-order valence-electron chi connectivity index (χ4n) is 0.874. The standard InChI is InChI=1S/C7H6ClF2NO2S/c8-4-1-2-6(5(11)3-4)14(12,13)7(9)10/h1-3,7H,11H2. The molecule has 0 aromatic heterocycles. The molecule has 0 unspecified atom stereocenters. The molecule has 0 bridgehead atoms. The Morgan fingerprint density at radius 3 is 2.36 bits per heavy atom. The highest BCUT2D eigenvalue weighted by Gasteiger charge is 2.28. The van der Waals surface area contributed by atoms with Crippen molar-refractivity contribution in [3.05, 3.63) is 23.2 Å². The van der Waals surface area contributed by atoms with Gasteiger partial charge < -0.3 is 5.73 Å². The molecule has 2 N–H and O–H groups in total. The summed E-state index contributed by atoms with van der Waals surface area (Å²) in [7, 11) is -4.64. The van der Waals surface area contributed by atoms with Gasteiger partial charge in [-0.05, 0) is 18.2 Å². The summed E-state index contributed by atoms with van der Waals surface area (Å²) in [5.74, 6) is -3.48. The van der Waals surface area contributed by atoms with Crippen LogP contribution in [0.15, 0.2) is 23.1 Å². The van der Waals surface area contributed by atoms with Gasteiger partial charge in [-0.25, -0.2) is 8.42 Å². The van der Waals surface area contributed by atoms with Gasteiger partial charge in [0, 0.05) is 5.02 Å². The van der Waals surface area contributed by atoms with Gasteiger partial charge in [0.25, 0.3) is 0 Å². The second-order valence-electron chi connectivity index (χ2n) is 2.49. The van der Waals surface area contributed by atoms with Crippen molar-refractivity contribution in [2.45, 2.75) is 10.7 Å². The third-order valence-electron chi connectivity index (χ3n) is 1.51. The predicted octanol–water partition coefficient (Wildman–Crippen LogP) is 1.92. The number of halogens is 3. The van der Waals surface area contributed by atoms with Crippen molar-refractivity contribution >= 4 is 27.1 Å². The van der Waals surface area contributed by atoms with Crippen molar-refractivity contribution in [1.29, 1.82) is 0 Å². The molecule has 0 heterocycles. The first-order valence-electron chi connectivity index (χ1n) is 3.43. The van der Waals surface area contributed by atoms with E-state index in [-0.39, 0.29) is 10.7 Å². The SMILES string of the molecule is Nc1cc(Cl)ccc1S(=O)(=O)C(F)F. The molecule has 78 valence electrons. The molecule has 0 aliphatic carbocycles. The van der Waals surface area contributed by atoms with E-state index < -0.39 is 20.5 Å². The third-order valence-corrected chi connectivity index (χ3v) is 3.20. The van der Waals surface area contributed by atoms with Crippen LogP contribution in [-0.2, 0) is 9.84 Å². The number of hydrogen-bond donors (Lipinski definition) is 1. The zero-order chi connectivity index (χ0) is 10.9. The van der Waals surface area contributed by atoms with E-state index in [2.05, 4.69) is 0 Å². The molecule has 1 aromatic carbocycles. The van der Waals surface area contributed by atoms with Crippen LogP contribution in [0.25, 0.3) is 0 Å². The topological polar surface area (TPSA) is 60.2 Å². The van der Waals surface area contributed by atoms with Crippen LogP contribution in [0, 0.1) is 0 Å². The molecule has 0 aliphatic heterocycles. The largest absolute Gasteiger partial charge is 0.398 e. The third kappa shape index (κ3) is 1.96. The van der Waals surface area contributed by atoms with Gasteiger partial charge in [0.05, 0.1) is 10.6 Å². The van der Waals surface area contributed by atoms with Gasteiger partial charge in [-0.3, -0.25) is 0 Å². The van der Waals surface area contributed by atoms with E-state index in [4.69, 9.17) is 17.3 Å². The number of anilines is 1. The van der Waals surface area contributed by atoms with Crippen LogP contribution in [0.5, 0.6) is 0 Å². The first-order valence-corrected chi connectivity index (χ1v) is 5.35. The molecule has 0 saturated heterocycles. The fraction of sp³-hybridized carbons (Fsp3) is 0.143. The highest BCUT2D eigenvalue weighted by molar-refractivity contribution is 7.91. The number of rotatable bonds is 2. The molecule has 0 radical (unpaired) electrons. The fourth-order valence-corrected chi connectivity index (χ4v) is 1.89. The van der Waals surface area contributed by atoms with Crippen molar-refractivity contribution in [2.24, 2.45) is 0 Å². The van der Waals surface area contributed by atoms with E-state index in [9.17, 15) is 17.2 Å². The Balaban J connectivity index is 3.35. The molecule has 0 saturated carbocycles. The van der Waals surface area contributed by atoms with Gasteiger partial charge in [0.2, 0.25) is 9.84 Å². The van der Waals surface area contributed by atoms with Crippen LogP contribution in [0.1, 0.15) is 0 Å². The first-order chi connectivity index (χ1) is 6.35. The Labute approximate surface area is 84.4 Å². The Hall–Kier alpha value is -0.880. The minimum Gasteiger partial charge on any atom is -0.398 e. The smallest absolute Gasteiger partial charge is 0.341 e. The van der Waals surface area contributed by atoms with Gasteiger partial charge in [-0.1, -0.05) is 11.6 Å². The zero-order valence-electron chi connectivity index (χ0n) is 6.75. The van der Waals surface area contributed by atoms with Gasteiger partial charge in [-0.2, -0.15) is 8.78 Å². The molecule has 0 amide bonds. The Morgan fingerprint density at radius 2 is 1.93 bits per heavy atom. The summed E-state index contributed by atoms with van der Waals surface area (Å²) in [5.41, 5.74) is 4.97. The molecule has 3 nitrogen and oxygen atoms in total. The molecule has 1 rings (SSSR count). The van der Waals surface area contributed by atoms with E-state index >= 15 is 0 Å². The summed E-state index contributed by atoms with van der Waals surface area (Å²) in [6, 6.07) is 3.25. The monoisotopic (exact) mass is 241 g/mol. The van der Waals surface area contributed by atoms with E-state index in [0.717, 1.165) is 12.1 Å². The van der Waals surface area contributed by atoms with Crippen molar-refractivity contribution in [3.63, 3.8) is 0 Å².